The van der Waals surface area contributed by atoms with Crippen LogP contribution in [0.2, 0.25) is 0 Å². The molecule has 0 saturated heterocycles. The molecule has 3 nitrogen and oxygen atoms in total. The van der Waals surface area contributed by atoms with Crippen LogP contribution in [0.5, 0.6) is 0 Å². The Kier molecular flexibility index (Phi) is 2.84. The van der Waals surface area contributed by atoms with E-state index in [1.807, 2.05) is 30.3 Å². The minimum Gasteiger partial charge on any atom is -0.289 e. The van der Waals surface area contributed by atoms with Gasteiger partial charge in [0, 0.05) is 11.4 Å². The van der Waals surface area contributed by atoms with Crippen molar-refractivity contribution in [1.29, 1.82) is 0 Å². The Bertz CT molecular complexity index is 622. The van der Waals surface area contributed by atoms with E-state index in [-0.39, 0.29) is 6.04 Å². The van der Waals surface area contributed by atoms with Crippen molar-refractivity contribution in [3.63, 3.8) is 0 Å². The zero-order chi connectivity index (χ0) is 12.7. The van der Waals surface area contributed by atoms with Gasteiger partial charge in [-0.3, -0.25) is 8.86 Å². The number of anilines is 1. The molecule has 2 aromatic rings. The molecule has 1 fully saturated rings. The highest BCUT2D eigenvalue weighted by atomic mass is 32.2. The molecular weight excluding hydrogens is 246 g/mol. The summed E-state index contributed by atoms with van der Waals surface area (Å²) in [6, 6.07) is 12.2. The Labute approximate surface area is 109 Å². The molecule has 0 radical (unpaired) electrons. The van der Waals surface area contributed by atoms with Crippen molar-refractivity contribution >= 4 is 27.7 Å². The summed E-state index contributed by atoms with van der Waals surface area (Å²) in [6.07, 6.45) is 1.99. The SMILES string of the molecule is Cc1ccc(N(C2CC2)S(=O)O)c2ccccc12. The van der Waals surface area contributed by atoms with Gasteiger partial charge in [0.25, 0.3) is 11.3 Å². The fourth-order valence-corrected chi connectivity index (χ4v) is 3.14. The van der Waals surface area contributed by atoms with Crippen LogP contribution in [-0.4, -0.2) is 14.8 Å². The molecule has 18 heavy (non-hydrogen) atoms. The van der Waals surface area contributed by atoms with Crippen molar-refractivity contribution in [2.24, 2.45) is 0 Å². The number of hydrogen-bond acceptors (Lipinski definition) is 1. The topological polar surface area (TPSA) is 40.5 Å². The number of nitrogens with zero attached hydrogens (tertiary/aromatic N) is 1. The standard InChI is InChI=1S/C14H15NO2S/c1-10-6-9-14(13-5-3-2-4-12(10)13)15(18(16)17)11-7-8-11/h2-6,9,11H,7-8H2,1H3,(H,16,17). The van der Waals surface area contributed by atoms with E-state index in [0.29, 0.717) is 0 Å². The summed E-state index contributed by atoms with van der Waals surface area (Å²) in [6.45, 7) is 2.06. The highest BCUT2D eigenvalue weighted by Crippen LogP contribution is 2.37. The Balaban J connectivity index is 2.22. The lowest BCUT2D eigenvalue weighted by atomic mass is 10.0. The Hall–Kier alpha value is -1.39. The van der Waals surface area contributed by atoms with Crippen LogP contribution in [0.3, 0.4) is 0 Å². The minimum absolute atomic E-state index is 0.210. The van der Waals surface area contributed by atoms with Crippen molar-refractivity contribution in [2.45, 2.75) is 25.8 Å². The van der Waals surface area contributed by atoms with Gasteiger partial charge >= 0.3 is 0 Å². The van der Waals surface area contributed by atoms with E-state index < -0.39 is 11.3 Å². The van der Waals surface area contributed by atoms with Gasteiger partial charge in [0.15, 0.2) is 0 Å². The first-order valence-electron chi connectivity index (χ1n) is 6.07. The van der Waals surface area contributed by atoms with Crippen molar-refractivity contribution in [3.05, 3.63) is 42.0 Å². The van der Waals surface area contributed by atoms with Crippen LogP contribution in [0.1, 0.15) is 18.4 Å². The molecule has 1 atom stereocenters. The van der Waals surface area contributed by atoms with Crippen LogP contribution in [0, 0.1) is 6.92 Å². The Morgan fingerprint density at radius 1 is 1.17 bits per heavy atom. The summed E-state index contributed by atoms with van der Waals surface area (Å²) < 4.78 is 22.7. The molecule has 94 valence electrons. The fourth-order valence-electron chi connectivity index (χ4n) is 2.34. The molecule has 4 heteroatoms. The van der Waals surface area contributed by atoms with Crippen LogP contribution in [-0.2, 0) is 11.3 Å². The number of rotatable bonds is 3. The second-order valence-corrected chi connectivity index (χ2v) is 5.59. The molecular formula is C14H15NO2S. The number of aryl methyl sites for hydroxylation is 1. The van der Waals surface area contributed by atoms with Crippen LogP contribution < -0.4 is 4.31 Å². The lowest BCUT2D eigenvalue weighted by Gasteiger charge is -2.21. The maximum Gasteiger partial charge on any atom is 0.262 e. The van der Waals surface area contributed by atoms with Gasteiger partial charge in [0.2, 0.25) is 0 Å². The van der Waals surface area contributed by atoms with Gasteiger partial charge in [-0.2, -0.15) is 0 Å². The monoisotopic (exact) mass is 261 g/mol. The first-order valence-corrected chi connectivity index (χ1v) is 7.13. The zero-order valence-electron chi connectivity index (χ0n) is 10.2. The van der Waals surface area contributed by atoms with Crippen LogP contribution >= 0.6 is 0 Å². The maximum absolute atomic E-state index is 11.5. The maximum atomic E-state index is 11.5. The van der Waals surface area contributed by atoms with Gasteiger partial charge in [-0.05, 0) is 36.8 Å². The molecule has 0 aromatic heterocycles. The lowest BCUT2D eigenvalue weighted by Crippen LogP contribution is -2.27. The van der Waals surface area contributed by atoms with Crippen LogP contribution in [0.15, 0.2) is 36.4 Å². The summed E-state index contributed by atoms with van der Waals surface area (Å²) in [4.78, 5) is 0. The molecule has 1 aliphatic rings. The minimum atomic E-state index is -1.95. The predicted octanol–water partition coefficient (Wildman–Crippen LogP) is 3.25. The summed E-state index contributed by atoms with van der Waals surface area (Å²) >= 11 is -1.95. The zero-order valence-corrected chi connectivity index (χ0v) is 11.0. The third-order valence-corrected chi connectivity index (χ3v) is 4.23. The second kappa shape index (κ2) is 4.37. The predicted molar refractivity (Wildman–Crippen MR) is 75.0 cm³/mol. The largest absolute Gasteiger partial charge is 0.289 e. The highest BCUT2D eigenvalue weighted by molar-refractivity contribution is 7.80. The second-order valence-electron chi connectivity index (χ2n) is 4.73. The van der Waals surface area contributed by atoms with E-state index in [1.54, 1.807) is 4.31 Å². The molecule has 0 aliphatic heterocycles. The normalized spacial score (nSPS) is 16.8. The molecule has 1 saturated carbocycles. The smallest absolute Gasteiger partial charge is 0.262 e. The average Bonchev–Trinajstić information content (AvgIpc) is 3.17. The van der Waals surface area contributed by atoms with Crippen molar-refractivity contribution in [3.8, 4) is 0 Å². The molecule has 1 aliphatic carbocycles. The first-order chi connectivity index (χ1) is 8.68. The number of hydrogen-bond donors (Lipinski definition) is 1. The fraction of sp³-hybridized carbons (Fsp3) is 0.286. The third kappa shape index (κ3) is 1.91. The van der Waals surface area contributed by atoms with Gasteiger partial charge in [0.05, 0.1) is 5.69 Å². The average molecular weight is 261 g/mol. The van der Waals surface area contributed by atoms with E-state index in [9.17, 15) is 8.76 Å². The van der Waals surface area contributed by atoms with Gasteiger partial charge in [-0.25, -0.2) is 4.21 Å². The Morgan fingerprint density at radius 3 is 2.44 bits per heavy atom. The molecule has 0 spiro atoms. The summed E-state index contributed by atoms with van der Waals surface area (Å²) in [5, 5.41) is 2.19. The Morgan fingerprint density at radius 2 is 1.83 bits per heavy atom. The van der Waals surface area contributed by atoms with Gasteiger partial charge < -0.3 is 0 Å². The summed E-state index contributed by atoms with van der Waals surface area (Å²) in [7, 11) is 0. The van der Waals surface area contributed by atoms with Crippen molar-refractivity contribution in [2.75, 3.05) is 4.31 Å². The van der Waals surface area contributed by atoms with E-state index in [1.165, 1.54) is 5.56 Å². The van der Waals surface area contributed by atoms with Crippen molar-refractivity contribution in [1.82, 2.24) is 0 Å². The highest BCUT2D eigenvalue weighted by Gasteiger charge is 2.33. The van der Waals surface area contributed by atoms with E-state index in [2.05, 4.69) is 13.0 Å². The van der Waals surface area contributed by atoms with E-state index in [0.717, 1.165) is 29.3 Å². The summed E-state index contributed by atoms with van der Waals surface area (Å²) in [5.74, 6) is 0. The lowest BCUT2D eigenvalue weighted by molar-refractivity contribution is 0.558. The molecule has 0 heterocycles. The molecule has 1 N–H and O–H groups in total. The first kappa shape index (κ1) is 11.7. The molecule has 1 unspecified atom stereocenters. The van der Waals surface area contributed by atoms with Gasteiger partial charge in [-0.1, -0.05) is 30.3 Å². The van der Waals surface area contributed by atoms with Gasteiger partial charge in [-0.15, -0.1) is 0 Å². The van der Waals surface area contributed by atoms with Crippen molar-refractivity contribution < 1.29 is 8.76 Å². The molecule has 2 aromatic carbocycles. The molecule has 0 amide bonds. The van der Waals surface area contributed by atoms with E-state index >= 15 is 0 Å². The number of benzene rings is 2. The van der Waals surface area contributed by atoms with Crippen LogP contribution in [0.25, 0.3) is 10.8 Å². The third-order valence-electron chi connectivity index (χ3n) is 3.40. The number of fused-ring (bicyclic) bond motifs is 1. The molecule has 0 bridgehead atoms. The van der Waals surface area contributed by atoms with Crippen LogP contribution in [0.4, 0.5) is 5.69 Å². The van der Waals surface area contributed by atoms with E-state index in [4.69, 9.17) is 0 Å². The quantitative estimate of drug-likeness (QED) is 0.862. The molecule has 3 rings (SSSR count). The van der Waals surface area contributed by atoms with Gasteiger partial charge in [0.1, 0.15) is 0 Å². The summed E-state index contributed by atoms with van der Waals surface area (Å²) in [5.41, 5.74) is 2.05.